The zero-order valence-electron chi connectivity index (χ0n) is 24.4. The van der Waals surface area contributed by atoms with E-state index in [0.717, 1.165) is 25.7 Å². The summed E-state index contributed by atoms with van der Waals surface area (Å²) in [7, 11) is 0. The van der Waals surface area contributed by atoms with E-state index in [0.29, 0.717) is 30.6 Å². The van der Waals surface area contributed by atoms with Crippen LogP contribution in [0.15, 0.2) is 48.5 Å². The lowest BCUT2D eigenvalue weighted by Crippen LogP contribution is -2.54. The highest BCUT2D eigenvalue weighted by Gasteiger charge is 2.36. The maximum atomic E-state index is 14.3. The van der Waals surface area contributed by atoms with Gasteiger partial charge in [-0.25, -0.2) is 4.79 Å². The molecular formula is C31H45N3O6. The molecule has 220 valence electrons. The summed E-state index contributed by atoms with van der Waals surface area (Å²) in [6.07, 6.45) is 3.51. The van der Waals surface area contributed by atoms with E-state index in [1.807, 2.05) is 6.92 Å². The van der Waals surface area contributed by atoms with Crippen LogP contribution in [0.3, 0.4) is 0 Å². The number of nitrogens with one attached hydrogen (secondary N) is 2. The van der Waals surface area contributed by atoms with E-state index in [-0.39, 0.29) is 23.8 Å². The van der Waals surface area contributed by atoms with Crippen molar-refractivity contribution in [2.24, 2.45) is 0 Å². The van der Waals surface area contributed by atoms with Gasteiger partial charge in [-0.1, -0.05) is 57.4 Å². The number of unbranched alkanes of at least 4 members (excludes halogenated alkanes) is 3. The van der Waals surface area contributed by atoms with Gasteiger partial charge in [0.1, 0.15) is 29.2 Å². The van der Waals surface area contributed by atoms with Crippen LogP contribution in [0.1, 0.15) is 83.9 Å². The summed E-state index contributed by atoms with van der Waals surface area (Å²) in [5.41, 5.74) is 0.497. The molecule has 2 atom stereocenters. The molecule has 4 N–H and O–H groups in total. The molecule has 0 aliphatic heterocycles. The number of ether oxygens (including phenoxy) is 1. The lowest BCUT2D eigenvalue weighted by molar-refractivity contribution is -0.142. The Bertz CT molecular complexity index is 1080. The molecule has 0 fully saturated rings. The zero-order valence-corrected chi connectivity index (χ0v) is 24.4. The van der Waals surface area contributed by atoms with Crippen molar-refractivity contribution in [3.05, 3.63) is 59.7 Å². The SMILES string of the molecule is CCCCCN(C(=O)C(Cc1ccc(O)cc1)NC(=O)OC(C)(C)C)C(C(=O)NCCCC)c1ccc(O)cc1. The minimum absolute atomic E-state index is 0.0505. The van der Waals surface area contributed by atoms with Crippen LogP contribution in [0.5, 0.6) is 11.5 Å². The molecule has 0 aliphatic rings. The minimum atomic E-state index is -1.04. The number of hydrogen-bond donors (Lipinski definition) is 4. The van der Waals surface area contributed by atoms with E-state index in [1.165, 1.54) is 29.2 Å². The van der Waals surface area contributed by atoms with Gasteiger partial charge in [0, 0.05) is 19.5 Å². The molecule has 9 heteroatoms. The van der Waals surface area contributed by atoms with Crippen molar-refractivity contribution in [2.75, 3.05) is 13.1 Å². The Kier molecular flexibility index (Phi) is 12.8. The topological polar surface area (TPSA) is 128 Å². The fourth-order valence-electron chi connectivity index (χ4n) is 4.23. The van der Waals surface area contributed by atoms with Crippen LogP contribution in [0.2, 0.25) is 0 Å². The lowest BCUT2D eigenvalue weighted by Gasteiger charge is -2.34. The van der Waals surface area contributed by atoms with Crippen molar-refractivity contribution in [3.63, 3.8) is 0 Å². The third kappa shape index (κ3) is 10.8. The number of amides is 3. The van der Waals surface area contributed by atoms with E-state index >= 15 is 0 Å². The molecule has 0 aromatic heterocycles. The van der Waals surface area contributed by atoms with E-state index < -0.39 is 29.7 Å². The highest BCUT2D eigenvalue weighted by molar-refractivity contribution is 5.92. The highest BCUT2D eigenvalue weighted by atomic mass is 16.6. The Morgan fingerprint density at radius 1 is 0.875 bits per heavy atom. The maximum absolute atomic E-state index is 14.3. The van der Waals surface area contributed by atoms with Gasteiger partial charge in [0.25, 0.3) is 0 Å². The van der Waals surface area contributed by atoms with Gasteiger partial charge in [-0.2, -0.15) is 0 Å². The molecule has 3 amide bonds. The van der Waals surface area contributed by atoms with Gasteiger partial charge in [0.05, 0.1) is 0 Å². The average Bonchev–Trinajstić information content (AvgIpc) is 2.88. The van der Waals surface area contributed by atoms with Crippen molar-refractivity contribution in [1.82, 2.24) is 15.5 Å². The highest BCUT2D eigenvalue weighted by Crippen LogP contribution is 2.26. The van der Waals surface area contributed by atoms with Crippen molar-refractivity contribution >= 4 is 17.9 Å². The van der Waals surface area contributed by atoms with Crippen LogP contribution in [-0.4, -0.2) is 57.8 Å². The van der Waals surface area contributed by atoms with E-state index in [2.05, 4.69) is 17.6 Å². The summed E-state index contributed by atoms with van der Waals surface area (Å²) in [4.78, 5) is 42.3. The maximum Gasteiger partial charge on any atom is 0.408 e. The van der Waals surface area contributed by atoms with Gasteiger partial charge in [-0.15, -0.1) is 0 Å². The molecule has 0 radical (unpaired) electrons. The summed E-state index contributed by atoms with van der Waals surface area (Å²) >= 11 is 0. The van der Waals surface area contributed by atoms with Crippen molar-refractivity contribution in [2.45, 2.75) is 90.8 Å². The second-order valence-corrected chi connectivity index (χ2v) is 10.9. The number of phenolic OH excluding ortho intramolecular Hbond substituents is 2. The van der Waals surface area contributed by atoms with Gasteiger partial charge in [0.15, 0.2) is 0 Å². The molecule has 0 heterocycles. The number of hydrogen-bond acceptors (Lipinski definition) is 6. The number of carbonyl (C=O) groups is 3. The van der Waals surface area contributed by atoms with Crippen LogP contribution in [0, 0.1) is 0 Å². The number of carbonyl (C=O) groups excluding carboxylic acids is 3. The second-order valence-electron chi connectivity index (χ2n) is 10.9. The molecule has 40 heavy (non-hydrogen) atoms. The molecule has 0 saturated carbocycles. The normalized spacial score (nSPS) is 12.7. The number of nitrogens with zero attached hydrogens (tertiary/aromatic N) is 1. The van der Waals surface area contributed by atoms with Crippen LogP contribution in [0.4, 0.5) is 4.79 Å². The molecule has 0 bridgehead atoms. The average molecular weight is 556 g/mol. The summed E-state index contributed by atoms with van der Waals surface area (Å²) in [6.45, 7) is 10.1. The lowest BCUT2D eigenvalue weighted by atomic mass is 9.99. The summed E-state index contributed by atoms with van der Waals surface area (Å²) in [5.74, 6) is -0.623. The first-order valence-electron chi connectivity index (χ1n) is 14.1. The van der Waals surface area contributed by atoms with Crippen molar-refractivity contribution < 1.29 is 29.3 Å². The van der Waals surface area contributed by atoms with Crippen LogP contribution >= 0.6 is 0 Å². The zero-order chi connectivity index (χ0) is 29.7. The fraction of sp³-hybridized carbons (Fsp3) is 0.516. The van der Waals surface area contributed by atoms with Crippen LogP contribution < -0.4 is 10.6 Å². The Balaban J connectivity index is 2.52. The van der Waals surface area contributed by atoms with Crippen LogP contribution in [0.25, 0.3) is 0 Å². The van der Waals surface area contributed by atoms with E-state index in [1.54, 1.807) is 45.0 Å². The van der Waals surface area contributed by atoms with Crippen molar-refractivity contribution in [3.8, 4) is 11.5 Å². The quantitative estimate of drug-likeness (QED) is 0.237. The van der Waals surface area contributed by atoms with E-state index in [9.17, 15) is 24.6 Å². The number of aromatic hydroxyl groups is 2. The Labute approximate surface area is 237 Å². The first-order chi connectivity index (χ1) is 18.9. The number of benzene rings is 2. The van der Waals surface area contributed by atoms with Gasteiger partial charge in [0.2, 0.25) is 11.8 Å². The molecule has 0 spiro atoms. The predicted octanol–water partition coefficient (Wildman–Crippen LogP) is 5.21. The fourth-order valence-corrected chi connectivity index (χ4v) is 4.23. The number of alkyl carbamates (subject to hydrolysis) is 1. The molecule has 0 aliphatic carbocycles. The van der Waals surface area contributed by atoms with Gasteiger partial charge in [-0.05, 0) is 69.0 Å². The Morgan fingerprint density at radius 2 is 1.45 bits per heavy atom. The Morgan fingerprint density at radius 3 is 2.00 bits per heavy atom. The van der Waals surface area contributed by atoms with Gasteiger partial charge in [-0.3, -0.25) is 9.59 Å². The van der Waals surface area contributed by atoms with E-state index in [4.69, 9.17) is 4.74 Å². The van der Waals surface area contributed by atoms with Crippen LogP contribution in [-0.2, 0) is 20.7 Å². The number of rotatable bonds is 14. The smallest absolute Gasteiger partial charge is 0.408 e. The first kappa shape index (κ1) is 32.5. The predicted molar refractivity (Wildman–Crippen MR) is 155 cm³/mol. The third-order valence-electron chi connectivity index (χ3n) is 6.25. The molecule has 2 aromatic rings. The standard InChI is InChI=1S/C31H45N3O6/c1-6-8-10-20-34(27(28(37)32-19-9-7-2)23-13-17-25(36)18-14-23)29(38)26(33-30(39)40-31(3,4)5)21-22-11-15-24(35)16-12-22/h11-18,26-27,35-36H,6-10,19-21H2,1-5H3,(H,32,37)(H,33,39). The molecule has 2 unspecified atom stereocenters. The molecule has 0 saturated heterocycles. The third-order valence-corrected chi connectivity index (χ3v) is 6.25. The van der Waals surface area contributed by atoms with Gasteiger partial charge >= 0.3 is 6.09 Å². The number of phenols is 2. The summed E-state index contributed by atoms with van der Waals surface area (Å²) in [5, 5.41) is 25.3. The molecular weight excluding hydrogens is 510 g/mol. The summed E-state index contributed by atoms with van der Waals surface area (Å²) < 4.78 is 5.46. The second kappa shape index (κ2) is 15.7. The molecule has 9 nitrogen and oxygen atoms in total. The minimum Gasteiger partial charge on any atom is -0.508 e. The summed E-state index contributed by atoms with van der Waals surface area (Å²) in [6, 6.07) is 10.6. The molecule has 2 aromatic carbocycles. The molecule has 2 rings (SSSR count). The first-order valence-corrected chi connectivity index (χ1v) is 14.1. The monoisotopic (exact) mass is 555 g/mol. The van der Waals surface area contributed by atoms with Gasteiger partial charge < -0.3 is 30.5 Å². The largest absolute Gasteiger partial charge is 0.508 e. The Hall–Kier alpha value is -3.75. The van der Waals surface area contributed by atoms with Crippen molar-refractivity contribution in [1.29, 1.82) is 0 Å².